The van der Waals surface area contributed by atoms with Crippen LogP contribution in [0.3, 0.4) is 0 Å². The first-order valence-electron chi connectivity index (χ1n) is 5.36. The Kier molecular flexibility index (Phi) is 5.15. The molecule has 0 spiro atoms. The van der Waals surface area contributed by atoms with Crippen LogP contribution in [-0.4, -0.2) is 32.9 Å². The first-order chi connectivity index (χ1) is 8.77. The van der Waals surface area contributed by atoms with Gasteiger partial charge in [-0.2, -0.15) is 12.7 Å². The molecule has 0 heterocycles. The number of nitrogens with zero attached hydrogens (tertiary/aromatic N) is 1. The molecule has 0 unspecified atom stereocenters. The lowest BCUT2D eigenvalue weighted by Crippen LogP contribution is -2.34. The van der Waals surface area contributed by atoms with Crippen LogP contribution in [0.4, 0.5) is 18.9 Å². The van der Waals surface area contributed by atoms with Crippen molar-refractivity contribution in [3.63, 3.8) is 0 Å². The average molecular weight is 297 g/mol. The highest BCUT2D eigenvalue weighted by atomic mass is 32.2. The Morgan fingerprint density at radius 2 is 1.95 bits per heavy atom. The molecule has 0 aliphatic rings. The minimum Gasteiger partial charge on any atom is -0.330 e. The summed E-state index contributed by atoms with van der Waals surface area (Å²) in [5.74, 6) is -4.01. The molecule has 0 aromatic heterocycles. The highest BCUT2D eigenvalue weighted by molar-refractivity contribution is 7.90. The van der Waals surface area contributed by atoms with Gasteiger partial charge in [0.15, 0.2) is 11.6 Å². The number of benzene rings is 1. The minimum absolute atomic E-state index is 0.102. The van der Waals surface area contributed by atoms with Crippen molar-refractivity contribution in [3.05, 3.63) is 29.6 Å². The third-order valence-corrected chi connectivity index (χ3v) is 3.80. The third-order valence-electron chi connectivity index (χ3n) is 2.32. The molecule has 3 N–H and O–H groups in total. The number of anilines is 1. The number of nitrogens with one attached hydrogen (secondary N) is 1. The maximum Gasteiger partial charge on any atom is 0.301 e. The second-order valence-electron chi connectivity index (χ2n) is 3.82. The molecule has 9 heteroatoms. The van der Waals surface area contributed by atoms with E-state index in [0.717, 1.165) is 4.31 Å². The third kappa shape index (κ3) is 4.08. The van der Waals surface area contributed by atoms with E-state index in [0.29, 0.717) is 18.6 Å². The summed E-state index contributed by atoms with van der Waals surface area (Å²) in [5, 5.41) is 0. The van der Waals surface area contributed by atoms with E-state index in [1.807, 2.05) is 0 Å². The Balaban J connectivity index is 2.95. The van der Waals surface area contributed by atoms with Gasteiger partial charge in [0, 0.05) is 25.7 Å². The topological polar surface area (TPSA) is 75.4 Å². The van der Waals surface area contributed by atoms with Gasteiger partial charge in [0.2, 0.25) is 0 Å². The van der Waals surface area contributed by atoms with Crippen LogP contribution in [0.25, 0.3) is 0 Å². The van der Waals surface area contributed by atoms with Crippen molar-refractivity contribution in [2.75, 3.05) is 24.9 Å². The fraction of sp³-hybridized carbons (Fsp3) is 0.400. The molecule has 1 aromatic rings. The van der Waals surface area contributed by atoms with Gasteiger partial charge >= 0.3 is 10.2 Å². The summed E-state index contributed by atoms with van der Waals surface area (Å²) in [6.45, 7) is 0.383. The predicted molar refractivity (Wildman–Crippen MR) is 65.2 cm³/mol. The zero-order valence-electron chi connectivity index (χ0n) is 10.2. The fourth-order valence-corrected chi connectivity index (χ4v) is 2.23. The van der Waals surface area contributed by atoms with Crippen LogP contribution in [-0.2, 0) is 10.2 Å². The molecule has 0 amide bonds. The SMILES string of the molecule is CN(CCCN)S(=O)(=O)Nc1cc(F)cc(F)c1F. The molecule has 0 aliphatic carbocycles. The highest BCUT2D eigenvalue weighted by Crippen LogP contribution is 2.20. The van der Waals surface area contributed by atoms with Crippen molar-refractivity contribution in [1.82, 2.24) is 4.31 Å². The van der Waals surface area contributed by atoms with Gasteiger partial charge < -0.3 is 5.73 Å². The smallest absolute Gasteiger partial charge is 0.301 e. The molecule has 108 valence electrons. The normalized spacial score (nSPS) is 11.9. The van der Waals surface area contributed by atoms with Gasteiger partial charge in [-0.1, -0.05) is 0 Å². The van der Waals surface area contributed by atoms with E-state index in [-0.39, 0.29) is 13.1 Å². The number of hydrogen-bond acceptors (Lipinski definition) is 3. The van der Waals surface area contributed by atoms with Crippen molar-refractivity contribution in [2.45, 2.75) is 6.42 Å². The van der Waals surface area contributed by atoms with Gasteiger partial charge in [-0.05, 0) is 13.0 Å². The summed E-state index contributed by atoms with van der Waals surface area (Å²) in [5.41, 5.74) is 4.45. The van der Waals surface area contributed by atoms with Crippen LogP contribution >= 0.6 is 0 Å². The molecule has 1 aromatic carbocycles. The summed E-state index contributed by atoms with van der Waals surface area (Å²) in [6.07, 6.45) is 0.400. The molecule has 0 saturated carbocycles. The zero-order valence-corrected chi connectivity index (χ0v) is 11.0. The molecular weight excluding hydrogens is 283 g/mol. The zero-order chi connectivity index (χ0) is 14.6. The number of hydrogen-bond donors (Lipinski definition) is 2. The molecule has 1 rings (SSSR count). The van der Waals surface area contributed by atoms with Crippen molar-refractivity contribution in [1.29, 1.82) is 0 Å². The predicted octanol–water partition coefficient (Wildman–Crippen LogP) is 1.04. The summed E-state index contributed by atoms with van der Waals surface area (Å²) < 4.78 is 65.3. The maximum atomic E-state index is 13.3. The van der Waals surface area contributed by atoms with E-state index in [9.17, 15) is 21.6 Å². The standard InChI is InChI=1S/C10H14F3N3O2S/c1-16(4-2-3-14)19(17,18)15-9-6-7(11)5-8(12)10(9)13/h5-6,15H,2-4,14H2,1H3. The largest absolute Gasteiger partial charge is 0.330 e. The summed E-state index contributed by atoms with van der Waals surface area (Å²) in [4.78, 5) is 0. The van der Waals surface area contributed by atoms with Gasteiger partial charge in [0.1, 0.15) is 5.82 Å². The lowest BCUT2D eigenvalue weighted by Gasteiger charge is -2.18. The van der Waals surface area contributed by atoms with Crippen molar-refractivity contribution in [2.24, 2.45) is 5.73 Å². The van der Waals surface area contributed by atoms with Crippen LogP contribution in [0.5, 0.6) is 0 Å². The van der Waals surface area contributed by atoms with Crippen molar-refractivity contribution >= 4 is 15.9 Å². The van der Waals surface area contributed by atoms with E-state index in [1.54, 1.807) is 4.72 Å². The van der Waals surface area contributed by atoms with Crippen LogP contribution in [0.2, 0.25) is 0 Å². The molecule has 0 atom stereocenters. The Labute approximate surface area is 109 Å². The highest BCUT2D eigenvalue weighted by Gasteiger charge is 2.21. The quantitative estimate of drug-likeness (QED) is 0.770. The lowest BCUT2D eigenvalue weighted by molar-refractivity contribution is 0.466. The summed E-state index contributed by atoms with van der Waals surface area (Å²) >= 11 is 0. The Bertz CT molecular complexity index is 551. The van der Waals surface area contributed by atoms with Gasteiger partial charge in [0.25, 0.3) is 0 Å². The molecule has 0 radical (unpaired) electrons. The van der Waals surface area contributed by atoms with E-state index in [1.165, 1.54) is 7.05 Å². The summed E-state index contributed by atoms with van der Waals surface area (Å²) in [6, 6.07) is 0.887. The van der Waals surface area contributed by atoms with Crippen molar-refractivity contribution < 1.29 is 21.6 Å². The van der Waals surface area contributed by atoms with E-state index >= 15 is 0 Å². The van der Waals surface area contributed by atoms with Gasteiger partial charge in [-0.15, -0.1) is 0 Å². The number of halogens is 3. The van der Waals surface area contributed by atoms with Crippen LogP contribution < -0.4 is 10.5 Å². The first kappa shape index (κ1) is 15.7. The average Bonchev–Trinajstić information content (AvgIpc) is 2.31. The molecule has 5 nitrogen and oxygen atoms in total. The lowest BCUT2D eigenvalue weighted by atomic mass is 10.3. The molecule has 19 heavy (non-hydrogen) atoms. The Morgan fingerprint density at radius 3 is 2.53 bits per heavy atom. The Morgan fingerprint density at radius 1 is 1.32 bits per heavy atom. The van der Waals surface area contributed by atoms with E-state index in [4.69, 9.17) is 5.73 Å². The second kappa shape index (κ2) is 6.22. The minimum atomic E-state index is -4.09. The second-order valence-corrected chi connectivity index (χ2v) is 5.60. The molecule has 0 aliphatic heterocycles. The monoisotopic (exact) mass is 297 g/mol. The number of nitrogens with two attached hydrogens (primary N) is 1. The Hall–Kier alpha value is -1.32. The molecule has 0 saturated heterocycles. The van der Waals surface area contributed by atoms with Gasteiger partial charge in [-0.3, -0.25) is 4.72 Å². The molecular formula is C10H14F3N3O2S. The van der Waals surface area contributed by atoms with Crippen LogP contribution in [0.15, 0.2) is 12.1 Å². The first-order valence-corrected chi connectivity index (χ1v) is 6.80. The number of rotatable bonds is 6. The van der Waals surface area contributed by atoms with Crippen molar-refractivity contribution in [3.8, 4) is 0 Å². The fourth-order valence-electron chi connectivity index (χ4n) is 1.28. The molecule has 0 bridgehead atoms. The van der Waals surface area contributed by atoms with Crippen LogP contribution in [0.1, 0.15) is 6.42 Å². The van der Waals surface area contributed by atoms with Gasteiger partial charge in [-0.25, -0.2) is 13.2 Å². The van der Waals surface area contributed by atoms with Gasteiger partial charge in [0.05, 0.1) is 5.69 Å². The summed E-state index contributed by atoms with van der Waals surface area (Å²) in [7, 11) is -2.85. The van der Waals surface area contributed by atoms with Crippen LogP contribution in [0, 0.1) is 17.5 Å². The van der Waals surface area contributed by atoms with E-state index in [2.05, 4.69) is 0 Å². The molecule has 0 fully saturated rings. The maximum absolute atomic E-state index is 13.3. The van der Waals surface area contributed by atoms with E-state index < -0.39 is 33.3 Å².